The third-order valence-electron chi connectivity index (χ3n) is 3.45. The summed E-state index contributed by atoms with van der Waals surface area (Å²) in [5.74, 6) is 0.137. The molecule has 3 N–H and O–H groups in total. The molecule has 22 heavy (non-hydrogen) atoms. The van der Waals surface area contributed by atoms with E-state index in [-0.39, 0.29) is 12.0 Å². The summed E-state index contributed by atoms with van der Waals surface area (Å²) in [5.41, 5.74) is 8.51. The van der Waals surface area contributed by atoms with Gasteiger partial charge < -0.3 is 10.9 Å². The van der Waals surface area contributed by atoms with Crippen LogP contribution >= 0.6 is 0 Å². The van der Waals surface area contributed by atoms with Crippen LogP contribution in [0.15, 0.2) is 23.5 Å². The number of hydrogen-bond donors (Lipinski definition) is 2. The van der Waals surface area contributed by atoms with Gasteiger partial charge >= 0.3 is 6.15 Å². The van der Waals surface area contributed by atoms with E-state index in [1.54, 1.807) is 0 Å². The highest BCUT2D eigenvalue weighted by Crippen LogP contribution is 2.22. The topological polar surface area (TPSA) is 111 Å². The van der Waals surface area contributed by atoms with Crippen molar-refractivity contribution < 1.29 is 14.8 Å². The van der Waals surface area contributed by atoms with Crippen LogP contribution in [0.1, 0.15) is 37.3 Å². The second-order valence-electron chi connectivity index (χ2n) is 4.81. The maximum absolute atomic E-state index is 8.78. The Morgan fingerprint density at radius 2 is 2.09 bits per heavy atom. The fraction of sp³-hybridized carbons (Fsp3) is 0.400. The quantitative estimate of drug-likeness (QED) is 0.289. The second-order valence-corrected chi connectivity index (χ2v) is 4.81. The van der Waals surface area contributed by atoms with E-state index < -0.39 is 0 Å². The van der Waals surface area contributed by atoms with Crippen molar-refractivity contribution in [2.75, 3.05) is 0 Å². The number of unbranched alkanes of at least 4 members (excludes halogenated alkanes) is 2. The van der Waals surface area contributed by atoms with Crippen LogP contribution in [0.25, 0.3) is 10.9 Å². The number of nitrogens with two attached hydrogens (primary N) is 1. The largest absolute Gasteiger partial charge is 0.409 e. The first-order chi connectivity index (χ1) is 10.6. The van der Waals surface area contributed by atoms with E-state index in [0.29, 0.717) is 0 Å². The number of rotatable bonds is 5. The van der Waals surface area contributed by atoms with Crippen molar-refractivity contribution in [3.05, 3.63) is 29.5 Å². The first kappa shape index (κ1) is 17.4. The number of fused-ring (bicyclic) bond motifs is 1. The molecule has 0 spiro atoms. The molecule has 118 valence electrons. The molecule has 7 heteroatoms. The molecule has 0 saturated carbocycles. The van der Waals surface area contributed by atoms with Crippen molar-refractivity contribution in [2.45, 2.75) is 39.7 Å². The van der Waals surface area contributed by atoms with E-state index in [1.807, 2.05) is 29.9 Å². The van der Waals surface area contributed by atoms with Gasteiger partial charge in [0, 0.05) is 17.5 Å². The molecular weight excluding hydrogens is 284 g/mol. The fourth-order valence-corrected chi connectivity index (χ4v) is 2.31. The number of aromatic nitrogens is 2. The summed E-state index contributed by atoms with van der Waals surface area (Å²) in [6, 6.07) is 3.86. The molecule has 0 saturated heterocycles. The lowest BCUT2D eigenvalue weighted by Gasteiger charge is -2.07. The molecule has 0 aliphatic heterocycles. The Hall–Kier alpha value is -2.66. The van der Waals surface area contributed by atoms with Gasteiger partial charge in [0.15, 0.2) is 5.84 Å². The van der Waals surface area contributed by atoms with Crippen molar-refractivity contribution in [2.24, 2.45) is 10.9 Å². The maximum Gasteiger partial charge on any atom is 0.373 e. The van der Waals surface area contributed by atoms with E-state index in [4.69, 9.17) is 20.5 Å². The summed E-state index contributed by atoms with van der Waals surface area (Å²) in [6.07, 6.45) is 5.65. The van der Waals surface area contributed by atoms with E-state index in [2.05, 4.69) is 17.2 Å². The van der Waals surface area contributed by atoms with Gasteiger partial charge in [-0.25, -0.2) is 0 Å². The van der Waals surface area contributed by atoms with Crippen molar-refractivity contribution in [1.29, 1.82) is 0 Å². The molecule has 2 rings (SSSR count). The lowest BCUT2D eigenvalue weighted by atomic mass is 10.0. The molecule has 1 aromatic carbocycles. The Kier molecular flexibility index (Phi) is 6.79. The standard InChI is InChI=1S/C14H20N4O.CO2/c1-3-4-5-8-18-13-7-6-11(14(15)17-19)10(2)12(13)9-16-18;2-1-3/h6-7,9,19H,3-5,8H2,1-2H3,(H2,15,17);. The van der Waals surface area contributed by atoms with Gasteiger partial charge in [-0.1, -0.05) is 24.9 Å². The number of nitrogens with zero attached hydrogens (tertiary/aromatic N) is 3. The van der Waals surface area contributed by atoms with E-state index in [9.17, 15) is 0 Å². The average Bonchev–Trinajstić information content (AvgIpc) is 2.92. The van der Waals surface area contributed by atoms with Gasteiger partial charge in [-0.05, 0) is 31.0 Å². The maximum atomic E-state index is 8.78. The van der Waals surface area contributed by atoms with E-state index in [1.165, 1.54) is 12.8 Å². The molecular formula is C15H20N4O3. The lowest BCUT2D eigenvalue weighted by Crippen LogP contribution is -2.14. The summed E-state index contributed by atoms with van der Waals surface area (Å²) in [4.78, 5) is 16.2. The van der Waals surface area contributed by atoms with Gasteiger partial charge in [0.1, 0.15) is 0 Å². The minimum atomic E-state index is 0.137. The van der Waals surface area contributed by atoms with Crippen LogP contribution in [0.2, 0.25) is 0 Å². The Labute approximate surface area is 128 Å². The van der Waals surface area contributed by atoms with Crippen LogP contribution in [0.3, 0.4) is 0 Å². The Balaban J connectivity index is 0.000000745. The van der Waals surface area contributed by atoms with Crippen molar-refractivity contribution >= 4 is 22.9 Å². The molecule has 0 atom stereocenters. The number of carbonyl (C=O) groups excluding carboxylic acids is 2. The smallest absolute Gasteiger partial charge is 0.373 e. The normalized spacial score (nSPS) is 10.9. The van der Waals surface area contributed by atoms with Crippen molar-refractivity contribution in [1.82, 2.24) is 9.78 Å². The van der Waals surface area contributed by atoms with Crippen LogP contribution in [-0.4, -0.2) is 27.0 Å². The summed E-state index contributed by atoms with van der Waals surface area (Å²) in [5, 5.41) is 17.3. The van der Waals surface area contributed by atoms with Gasteiger partial charge in [0.2, 0.25) is 0 Å². The number of oxime groups is 1. The molecule has 0 fully saturated rings. The molecule has 0 radical (unpaired) electrons. The van der Waals surface area contributed by atoms with Crippen LogP contribution < -0.4 is 5.73 Å². The molecule has 0 bridgehead atoms. The van der Waals surface area contributed by atoms with Gasteiger partial charge in [0.25, 0.3) is 0 Å². The Morgan fingerprint density at radius 3 is 2.68 bits per heavy atom. The fourth-order valence-electron chi connectivity index (χ4n) is 2.31. The minimum absolute atomic E-state index is 0.137. The molecule has 2 aromatic rings. The zero-order valence-electron chi connectivity index (χ0n) is 12.7. The van der Waals surface area contributed by atoms with Crippen LogP contribution in [0.4, 0.5) is 0 Å². The van der Waals surface area contributed by atoms with Gasteiger partial charge in [0.05, 0.1) is 11.7 Å². The first-order valence-corrected chi connectivity index (χ1v) is 7.03. The third-order valence-corrected chi connectivity index (χ3v) is 3.45. The predicted octanol–water partition coefficient (Wildman–Crippen LogP) is 2.05. The average molecular weight is 304 g/mol. The molecule has 0 unspecified atom stereocenters. The zero-order chi connectivity index (χ0) is 16.5. The van der Waals surface area contributed by atoms with Crippen LogP contribution in [-0.2, 0) is 16.1 Å². The monoisotopic (exact) mass is 304 g/mol. The molecule has 1 aromatic heterocycles. The van der Waals surface area contributed by atoms with Crippen molar-refractivity contribution in [3.63, 3.8) is 0 Å². The number of amidine groups is 1. The minimum Gasteiger partial charge on any atom is -0.409 e. The number of aryl methyl sites for hydroxylation is 2. The third kappa shape index (κ3) is 3.93. The molecule has 0 amide bonds. The van der Waals surface area contributed by atoms with E-state index in [0.717, 1.165) is 35.0 Å². The van der Waals surface area contributed by atoms with Gasteiger partial charge in [-0.15, -0.1) is 0 Å². The summed E-state index contributed by atoms with van der Waals surface area (Å²) < 4.78 is 2.02. The predicted molar refractivity (Wildman–Crippen MR) is 81.5 cm³/mol. The highest BCUT2D eigenvalue weighted by Gasteiger charge is 2.10. The molecule has 7 nitrogen and oxygen atoms in total. The first-order valence-electron chi connectivity index (χ1n) is 7.03. The molecule has 1 heterocycles. The van der Waals surface area contributed by atoms with E-state index >= 15 is 0 Å². The Bertz CT molecular complexity index is 685. The zero-order valence-corrected chi connectivity index (χ0v) is 12.7. The SMILES string of the molecule is CCCCCn1ncc2c(C)c(/C(N)=N\O)ccc21.O=C=O. The summed E-state index contributed by atoms with van der Waals surface area (Å²) >= 11 is 0. The highest BCUT2D eigenvalue weighted by molar-refractivity contribution is 6.02. The van der Waals surface area contributed by atoms with Crippen molar-refractivity contribution in [3.8, 4) is 0 Å². The Morgan fingerprint density at radius 1 is 1.41 bits per heavy atom. The lowest BCUT2D eigenvalue weighted by molar-refractivity contribution is -0.191. The molecule has 0 aliphatic rings. The summed E-state index contributed by atoms with van der Waals surface area (Å²) in [6.45, 7) is 5.09. The number of benzene rings is 1. The second kappa shape index (κ2) is 8.59. The number of hydrogen-bond acceptors (Lipinski definition) is 5. The van der Waals surface area contributed by atoms with Crippen LogP contribution in [0.5, 0.6) is 0 Å². The highest BCUT2D eigenvalue weighted by atomic mass is 16.4. The van der Waals surface area contributed by atoms with Crippen LogP contribution in [0, 0.1) is 6.92 Å². The summed E-state index contributed by atoms with van der Waals surface area (Å²) in [7, 11) is 0. The molecule has 0 aliphatic carbocycles. The van der Waals surface area contributed by atoms with Gasteiger partial charge in [-0.2, -0.15) is 14.7 Å². The van der Waals surface area contributed by atoms with Gasteiger partial charge in [-0.3, -0.25) is 4.68 Å².